The molecule has 0 radical (unpaired) electrons. The molecular weight excluding hydrogens is 360 g/mol. The van der Waals surface area contributed by atoms with Crippen molar-refractivity contribution >= 4 is 11.9 Å². The van der Waals surface area contributed by atoms with Crippen LogP contribution in [0.15, 0.2) is 37.1 Å². The standard InChI is InChI=1S/C19H20N6O3/c26-17(2-1-14-9-21-12-22-14)24-8-5-16-15(11-24)18(19(27)28)23-25(16)10-13-3-6-20-7-4-13/h3-4,6-7,9,12H,1-2,5,8,10-11H2,(H,21,22)(H,27,28). The van der Waals surface area contributed by atoms with Gasteiger partial charge in [0.25, 0.3) is 0 Å². The average Bonchev–Trinajstić information content (AvgIpc) is 3.35. The zero-order chi connectivity index (χ0) is 19.5. The molecule has 4 rings (SSSR count). The zero-order valence-electron chi connectivity index (χ0n) is 15.2. The monoisotopic (exact) mass is 380 g/mol. The molecule has 4 heterocycles. The lowest BCUT2D eigenvalue weighted by atomic mass is 10.0. The maximum absolute atomic E-state index is 12.6. The Hall–Kier alpha value is -3.49. The van der Waals surface area contributed by atoms with Gasteiger partial charge in [0.1, 0.15) is 0 Å². The number of nitrogens with zero attached hydrogens (tertiary/aromatic N) is 5. The van der Waals surface area contributed by atoms with Crippen molar-refractivity contribution in [2.75, 3.05) is 6.54 Å². The van der Waals surface area contributed by atoms with E-state index < -0.39 is 5.97 Å². The Morgan fingerprint density at radius 2 is 2.04 bits per heavy atom. The van der Waals surface area contributed by atoms with Gasteiger partial charge in [-0.05, 0) is 24.1 Å². The molecule has 0 unspecified atom stereocenters. The molecule has 0 atom stereocenters. The number of carboxylic acids is 1. The number of aromatic carboxylic acids is 1. The number of hydrogen-bond donors (Lipinski definition) is 2. The Labute approximate surface area is 161 Å². The Balaban J connectivity index is 1.52. The Morgan fingerprint density at radius 3 is 2.75 bits per heavy atom. The second-order valence-corrected chi connectivity index (χ2v) is 6.73. The summed E-state index contributed by atoms with van der Waals surface area (Å²) < 4.78 is 1.74. The molecular formula is C19H20N6O3. The van der Waals surface area contributed by atoms with Crippen LogP contribution in [0.4, 0.5) is 0 Å². The van der Waals surface area contributed by atoms with E-state index in [9.17, 15) is 14.7 Å². The first kappa shape index (κ1) is 17.9. The Bertz CT molecular complexity index is 981. The molecule has 1 amide bonds. The van der Waals surface area contributed by atoms with Gasteiger partial charge in [-0.15, -0.1) is 0 Å². The number of nitrogens with one attached hydrogen (secondary N) is 1. The fraction of sp³-hybridized carbons (Fsp3) is 0.316. The van der Waals surface area contributed by atoms with E-state index in [4.69, 9.17) is 0 Å². The third-order valence-electron chi connectivity index (χ3n) is 4.93. The number of aryl methyl sites for hydroxylation is 1. The van der Waals surface area contributed by atoms with E-state index in [1.807, 2.05) is 12.1 Å². The van der Waals surface area contributed by atoms with Crippen LogP contribution < -0.4 is 0 Å². The highest BCUT2D eigenvalue weighted by atomic mass is 16.4. The molecule has 0 saturated carbocycles. The molecule has 144 valence electrons. The minimum absolute atomic E-state index is 0.00141. The lowest BCUT2D eigenvalue weighted by Gasteiger charge is -2.28. The largest absolute Gasteiger partial charge is 0.476 e. The number of rotatable bonds is 6. The molecule has 0 spiro atoms. The molecule has 1 aliphatic heterocycles. The summed E-state index contributed by atoms with van der Waals surface area (Å²) in [5.74, 6) is -1.07. The minimum Gasteiger partial charge on any atom is -0.476 e. The van der Waals surface area contributed by atoms with Gasteiger partial charge in [0.05, 0.1) is 12.9 Å². The molecule has 0 aliphatic carbocycles. The lowest BCUT2D eigenvalue weighted by Crippen LogP contribution is -2.37. The number of imidazole rings is 1. The third-order valence-corrected chi connectivity index (χ3v) is 4.93. The van der Waals surface area contributed by atoms with Gasteiger partial charge in [-0.25, -0.2) is 9.78 Å². The topological polar surface area (TPSA) is 117 Å². The van der Waals surface area contributed by atoms with Crippen molar-refractivity contribution in [3.05, 3.63) is 65.3 Å². The molecule has 2 N–H and O–H groups in total. The van der Waals surface area contributed by atoms with Gasteiger partial charge in [0.2, 0.25) is 5.91 Å². The molecule has 9 nitrogen and oxygen atoms in total. The van der Waals surface area contributed by atoms with Crippen molar-refractivity contribution < 1.29 is 14.7 Å². The van der Waals surface area contributed by atoms with E-state index in [1.165, 1.54) is 0 Å². The summed E-state index contributed by atoms with van der Waals surface area (Å²) in [6.07, 6.45) is 8.19. The second kappa shape index (κ2) is 7.63. The molecule has 3 aromatic heterocycles. The van der Waals surface area contributed by atoms with Crippen LogP contribution in [0.5, 0.6) is 0 Å². The summed E-state index contributed by atoms with van der Waals surface area (Å²) in [4.78, 5) is 36.9. The highest BCUT2D eigenvalue weighted by Crippen LogP contribution is 2.24. The fourth-order valence-electron chi connectivity index (χ4n) is 3.49. The predicted molar refractivity (Wildman–Crippen MR) is 98.6 cm³/mol. The maximum Gasteiger partial charge on any atom is 0.356 e. The minimum atomic E-state index is -1.07. The van der Waals surface area contributed by atoms with Crippen LogP contribution in [-0.2, 0) is 30.7 Å². The maximum atomic E-state index is 12.6. The van der Waals surface area contributed by atoms with Crippen LogP contribution in [0.2, 0.25) is 0 Å². The highest BCUT2D eigenvalue weighted by Gasteiger charge is 2.29. The van der Waals surface area contributed by atoms with Crippen molar-refractivity contribution in [2.24, 2.45) is 0 Å². The number of aromatic amines is 1. The van der Waals surface area contributed by atoms with E-state index in [-0.39, 0.29) is 18.1 Å². The van der Waals surface area contributed by atoms with E-state index >= 15 is 0 Å². The normalized spacial score (nSPS) is 13.4. The highest BCUT2D eigenvalue weighted by molar-refractivity contribution is 5.88. The van der Waals surface area contributed by atoms with Crippen LogP contribution in [0, 0.1) is 0 Å². The number of fused-ring (bicyclic) bond motifs is 1. The number of hydrogen-bond acceptors (Lipinski definition) is 5. The molecule has 0 bridgehead atoms. The molecule has 0 saturated heterocycles. The number of pyridine rings is 1. The van der Waals surface area contributed by atoms with Crippen LogP contribution in [0.3, 0.4) is 0 Å². The summed E-state index contributed by atoms with van der Waals surface area (Å²) in [5.41, 5.74) is 3.43. The summed E-state index contributed by atoms with van der Waals surface area (Å²) in [7, 11) is 0. The SMILES string of the molecule is O=C(O)c1nn(Cc2ccncc2)c2c1CN(C(=O)CCc1cnc[nH]1)CC2. The predicted octanol–water partition coefficient (Wildman–Crippen LogP) is 1.27. The smallest absolute Gasteiger partial charge is 0.356 e. The zero-order valence-corrected chi connectivity index (χ0v) is 15.2. The van der Waals surface area contributed by atoms with Gasteiger partial charge in [-0.1, -0.05) is 0 Å². The van der Waals surface area contributed by atoms with Crippen LogP contribution >= 0.6 is 0 Å². The van der Waals surface area contributed by atoms with Gasteiger partial charge < -0.3 is 15.0 Å². The summed E-state index contributed by atoms with van der Waals surface area (Å²) in [6.45, 7) is 1.30. The van der Waals surface area contributed by atoms with Crippen molar-refractivity contribution in [3.8, 4) is 0 Å². The van der Waals surface area contributed by atoms with E-state index in [1.54, 1.807) is 34.5 Å². The van der Waals surface area contributed by atoms with Crippen molar-refractivity contribution in [1.82, 2.24) is 29.6 Å². The number of H-pyrrole nitrogens is 1. The number of carbonyl (C=O) groups excluding carboxylic acids is 1. The Kier molecular flexibility index (Phi) is 4.88. The number of carbonyl (C=O) groups is 2. The Morgan fingerprint density at radius 1 is 1.21 bits per heavy atom. The summed E-state index contributed by atoms with van der Waals surface area (Å²) >= 11 is 0. The van der Waals surface area contributed by atoms with Crippen molar-refractivity contribution in [2.45, 2.75) is 32.4 Å². The van der Waals surface area contributed by atoms with Gasteiger partial charge in [-0.3, -0.25) is 14.5 Å². The molecule has 3 aromatic rings. The first-order valence-corrected chi connectivity index (χ1v) is 9.07. The first-order chi connectivity index (χ1) is 13.6. The van der Waals surface area contributed by atoms with Crippen LogP contribution in [0.25, 0.3) is 0 Å². The second-order valence-electron chi connectivity index (χ2n) is 6.73. The molecule has 28 heavy (non-hydrogen) atoms. The molecule has 0 aromatic carbocycles. The third kappa shape index (κ3) is 3.64. The lowest BCUT2D eigenvalue weighted by molar-refractivity contribution is -0.132. The quantitative estimate of drug-likeness (QED) is 0.665. The fourth-order valence-corrected chi connectivity index (χ4v) is 3.49. The average molecular weight is 380 g/mol. The van der Waals surface area contributed by atoms with E-state index in [2.05, 4.69) is 20.1 Å². The molecule has 0 fully saturated rings. The molecule has 1 aliphatic rings. The summed E-state index contributed by atoms with van der Waals surface area (Å²) in [5, 5.41) is 13.9. The molecule has 9 heteroatoms. The van der Waals surface area contributed by atoms with Crippen molar-refractivity contribution in [3.63, 3.8) is 0 Å². The van der Waals surface area contributed by atoms with Gasteiger partial charge in [0.15, 0.2) is 5.69 Å². The number of carboxylic acid groups (broad SMARTS) is 1. The van der Waals surface area contributed by atoms with E-state index in [0.29, 0.717) is 37.9 Å². The summed E-state index contributed by atoms with van der Waals surface area (Å²) in [6, 6.07) is 3.76. The van der Waals surface area contributed by atoms with Crippen LogP contribution in [0.1, 0.15) is 39.4 Å². The van der Waals surface area contributed by atoms with Gasteiger partial charge >= 0.3 is 5.97 Å². The number of aromatic nitrogens is 5. The van der Waals surface area contributed by atoms with E-state index in [0.717, 1.165) is 17.0 Å². The first-order valence-electron chi connectivity index (χ1n) is 9.07. The van der Waals surface area contributed by atoms with Gasteiger partial charge in [0, 0.05) is 61.5 Å². The number of amides is 1. The van der Waals surface area contributed by atoms with Gasteiger partial charge in [-0.2, -0.15) is 5.10 Å². The van der Waals surface area contributed by atoms with Crippen molar-refractivity contribution in [1.29, 1.82) is 0 Å². The van der Waals surface area contributed by atoms with Crippen LogP contribution in [-0.4, -0.2) is 53.2 Å².